The third-order valence-electron chi connectivity index (χ3n) is 2.80. The van der Waals surface area contributed by atoms with E-state index in [0.717, 1.165) is 24.4 Å². The van der Waals surface area contributed by atoms with Gasteiger partial charge in [-0.05, 0) is 56.5 Å². The number of nitrogens with one attached hydrogen (secondary N) is 1. The quantitative estimate of drug-likeness (QED) is 0.726. The van der Waals surface area contributed by atoms with Crippen molar-refractivity contribution in [3.05, 3.63) is 46.5 Å². The summed E-state index contributed by atoms with van der Waals surface area (Å²) in [5.41, 5.74) is 3.77. The summed E-state index contributed by atoms with van der Waals surface area (Å²) in [6, 6.07) is 6.46. The fraction of sp³-hybridized carbons (Fsp3) is 0.467. The maximum absolute atomic E-state index is 5.99. The average molecular weight is 252 g/mol. The van der Waals surface area contributed by atoms with Crippen LogP contribution < -0.4 is 5.32 Å². The Morgan fingerprint density at radius 3 is 2.71 bits per heavy atom. The highest BCUT2D eigenvalue weighted by Gasteiger charge is 2.13. The van der Waals surface area contributed by atoms with Crippen LogP contribution in [0, 0.1) is 6.92 Å². The summed E-state index contributed by atoms with van der Waals surface area (Å²) in [6.45, 7) is 11.4. The lowest BCUT2D eigenvalue weighted by Crippen LogP contribution is -2.23. The Hall–Kier alpha value is -0.790. The molecule has 1 aromatic carbocycles. The lowest BCUT2D eigenvalue weighted by molar-refractivity contribution is 0.526. The highest BCUT2D eigenvalue weighted by atomic mass is 35.5. The summed E-state index contributed by atoms with van der Waals surface area (Å²) < 4.78 is 0. The van der Waals surface area contributed by atoms with Gasteiger partial charge >= 0.3 is 0 Å². The van der Waals surface area contributed by atoms with Crippen LogP contribution >= 0.6 is 11.6 Å². The van der Waals surface area contributed by atoms with Gasteiger partial charge in [0.25, 0.3) is 0 Å². The van der Waals surface area contributed by atoms with Gasteiger partial charge in [0.2, 0.25) is 0 Å². The minimum atomic E-state index is 0.352. The Morgan fingerprint density at radius 2 is 2.18 bits per heavy atom. The molecule has 0 bridgehead atoms. The Balaban J connectivity index is 2.90. The minimum absolute atomic E-state index is 0.352. The number of rotatable bonds is 6. The Kier molecular flexibility index (Phi) is 5.73. The lowest BCUT2D eigenvalue weighted by atomic mass is 9.96. The number of benzene rings is 1. The molecular formula is C15H22ClN. The molecule has 1 unspecified atom stereocenters. The lowest BCUT2D eigenvalue weighted by Gasteiger charge is -2.21. The van der Waals surface area contributed by atoms with Crippen molar-refractivity contribution in [1.82, 2.24) is 5.32 Å². The molecule has 0 amide bonds. The summed E-state index contributed by atoms with van der Waals surface area (Å²) in [5, 5.41) is 4.38. The molecule has 0 spiro atoms. The molecule has 0 aliphatic carbocycles. The van der Waals surface area contributed by atoms with Crippen molar-refractivity contribution < 1.29 is 0 Å². The first kappa shape index (κ1) is 14.3. The second-order valence-corrected chi connectivity index (χ2v) is 5.11. The smallest absolute Gasteiger partial charge is 0.0408 e. The van der Waals surface area contributed by atoms with Crippen molar-refractivity contribution >= 4 is 11.6 Å². The summed E-state index contributed by atoms with van der Waals surface area (Å²) in [5.74, 6) is 0. The average Bonchev–Trinajstić information content (AvgIpc) is 2.24. The van der Waals surface area contributed by atoms with Gasteiger partial charge in [-0.3, -0.25) is 0 Å². The van der Waals surface area contributed by atoms with Gasteiger partial charge in [0.05, 0.1) is 0 Å². The molecule has 0 aliphatic rings. The van der Waals surface area contributed by atoms with Gasteiger partial charge in [0, 0.05) is 11.1 Å². The Morgan fingerprint density at radius 1 is 1.47 bits per heavy atom. The molecule has 0 saturated carbocycles. The predicted octanol–water partition coefficient (Wildman–Crippen LogP) is 4.66. The maximum Gasteiger partial charge on any atom is 0.0408 e. The van der Waals surface area contributed by atoms with Gasteiger partial charge in [-0.1, -0.05) is 30.2 Å². The zero-order valence-electron chi connectivity index (χ0n) is 11.0. The molecule has 1 atom stereocenters. The molecule has 1 rings (SSSR count). The van der Waals surface area contributed by atoms with Crippen molar-refractivity contribution in [2.45, 2.75) is 39.7 Å². The van der Waals surface area contributed by atoms with E-state index in [4.69, 9.17) is 11.6 Å². The fourth-order valence-corrected chi connectivity index (χ4v) is 2.22. The Bertz CT molecular complexity index is 385. The molecule has 1 N–H and O–H groups in total. The maximum atomic E-state index is 5.99. The van der Waals surface area contributed by atoms with Crippen LogP contribution in [0.3, 0.4) is 0 Å². The van der Waals surface area contributed by atoms with E-state index in [0.29, 0.717) is 6.04 Å². The van der Waals surface area contributed by atoms with Gasteiger partial charge in [0.15, 0.2) is 0 Å². The van der Waals surface area contributed by atoms with E-state index in [1.54, 1.807) is 0 Å². The zero-order chi connectivity index (χ0) is 12.8. The van der Waals surface area contributed by atoms with Crippen molar-refractivity contribution in [2.24, 2.45) is 0 Å². The first-order valence-corrected chi connectivity index (χ1v) is 6.56. The molecule has 0 heterocycles. The van der Waals surface area contributed by atoms with Crippen LogP contribution in [-0.4, -0.2) is 6.54 Å². The summed E-state index contributed by atoms with van der Waals surface area (Å²) in [4.78, 5) is 0. The summed E-state index contributed by atoms with van der Waals surface area (Å²) in [7, 11) is 0. The van der Waals surface area contributed by atoms with E-state index < -0.39 is 0 Å². The molecule has 0 saturated heterocycles. The fourth-order valence-electron chi connectivity index (χ4n) is 1.99. The van der Waals surface area contributed by atoms with Gasteiger partial charge in [-0.15, -0.1) is 6.58 Å². The van der Waals surface area contributed by atoms with Crippen LogP contribution in [0.4, 0.5) is 0 Å². The van der Waals surface area contributed by atoms with Crippen LogP contribution in [0.1, 0.15) is 43.9 Å². The third kappa shape index (κ3) is 4.53. The normalized spacial score (nSPS) is 12.5. The van der Waals surface area contributed by atoms with Gasteiger partial charge in [-0.2, -0.15) is 0 Å². The van der Waals surface area contributed by atoms with Crippen LogP contribution in [0.2, 0.25) is 5.02 Å². The molecule has 2 heteroatoms. The molecule has 0 radical (unpaired) electrons. The van der Waals surface area contributed by atoms with Crippen molar-refractivity contribution in [2.75, 3.05) is 6.54 Å². The molecular weight excluding hydrogens is 230 g/mol. The SMILES string of the molecule is C=C(C)CC(NCCC)c1ccc(Cl)cc1C. The highest BCUT2D eigenvalue weighted by Crippen LogP contribution is 2.25. The second kappa shape index (κ2) is 6.83. The number of aryl methyl sites for hydroxylation is 1. The standard InChI is InChI=1S/C15H22ClN/c1-5-8-17-15(9-11(2)3)14-7-6-13(16)10-12(14)4/h6-7,10,15,17H,2,5,8-9H2,1,3-4H3. The summed E-state index contributed by atoms with van der Waals surface area (Å²) >= 11 is 5.99. The van der Waals surface area contributed by atoms with Crippen molar-refractivity contribution in [3.8, 4) is 0 Å². The number of hydrogen-bond donors (Lipinski definition) is 1. The van der Waals surface area contributed by atoms with E-state index in [2.05, 4.69) is 38.7 Å². The second-order valence-electron chi connectivity index (χ2n) is 4.67. The first-order valence-electron chi connectivity index (χ1n) is 6.18. The molecule has 1 aromatic rings. The molecule has 0 aliphatic heterocycles. The summed E-state index contributed by atoms with van der Waals surface area (Å²) in [6.07, 6.45) is 2.11. The molecule has 0 aromatic heterocycles. The van der Waals surface area contributed by atoms with E-state index in [-0.39, 0.29) is 0 Å². The first-order chi connectivity index (χ1) is 8.04. The van der Waals surface area contributed by atoms with Crippen LogP contribution in [0.25, 0.3) is 0 Å². The van der Waals surface area contributed by atoms with Crippen LogP contribution in [0.5, 0.6) is 0 Å². The van der Waals surface area contributed by atoms with Crippen LogP contribution in [0.15, 0.2) is 30.4 Å². The largest absolute Gasteiger partial charge is 0.310 e. The Labute approximate surface area is 110 Å². The predicted molar refractivity (Wildman–Crippen MR) is 76.7 cm³/mol. The zero-order valence-corrected chi connectivity index (χ0v) is 11.8. The monoisotopic (exact) mass is 251 g/mol. The van der Waals surface area contributed by atoms with E-state index in [1.807, 2.05) is 12.1 Å². The minimum Gasteiger partial charge on any atom is -0.310 e. The van der Waals surface area contributed by atoms with Crippen molar-refractivity contribution in [3.63, 3.8) is 0 Å². The molecule has 0 fully saturated rings. The van der Waals surface area contributed by atoms with Gasteiger partial charge in [0.1, 0.15) is 0 Å². The van der Waals surface area contributed by atoms with Crippen molar-refractivity contribution in [1.29, 1.82) is 0 Å². The van der Waals surface area contributed by atoms with E-state index >= 15 is 0 Å². The molecule has 1 nitrogen and oxygen atoms in total. The van der Waals surface area contributed by atoms with E-state index in [9.17, 15) is 0 Å². The molecule has 17 heavy (non-hydrogen) atoms. The van der Waals surface area contributed by atoms with Gasteiger partial charge < -0.3 is 5.32 Å². The number of hydrogen-bond acceptors (Lipinski definition) is 1. The highest BCUT2D eigenvalue weighted by molar-refractivity contribution is 6.30. The van der Waals surface area contributed by atoms with E-state index in [1.165, 1.54) is 16.7 Å². The van der Waals surface area contributed by atoms with Gasteiger partial charge in [-0.25, -0.2) is 0 Å². The van der Waals surface area contributed by atoms with Crippen LogP contribution in [-0.2, 0) is 0 Å². The molecule has 94 valence electrons. The topological polar surface area (TPSA) is 12.0 Å². The third-order valence-corrected chi connectivity index (χ3v) is 3.04. The number of halogens is 1.